The molecule has 0 radical (unpaired) electrons. The lowest BCUT2D eigenvalue weighted by Gasteiger charge is -2.14. The highest BCUT2D eigenvalue weighted by molar-refractivity contribution is 5.28. The van der Waals surface area contributed by atoms with Crippen LogP contribution in [0.4, 0.5) is 0 Å². The predicted molar refractivity (Wildman–Crippen MR) is 70.6 cm³/mol. The fourth-order valence-corrected chi connectivity index (χ4v) is 1.62. The van der Waals surface area contributed by atoms with Crippen LogP contribution in [-0.2, 0) is 0 Å². The zero-order valence-electron chi connectivity index (χ0n) is 10.6. The van der Waals surface area contributed by atoms with Gasteiger partial charge < -0.3 is 9.84 Å². The van der Waals surface area contributed by atoms with E-state index in [4.69, 9.17) is 4.74 Å². The van der Waals surface area contributed by atoms with Crippen LogP contribution in [0.25, 0.3) is 0 Å². The lowest BCUT2D eigenvalue weighted by atomic mass is 10.0. The van der Waals surface area contributed by atoms with Crippen molar-refractivity contribution >= 4 is 0 Å². The summed E-state index contributed by atoms with van der Waals surface area (Å²) in [5.74, 6) is 1.45. The molecule has 3 heteroatoms. The molecule has 0 bridgehead atoms. The molecule has 0 saturated carbocycles. The van der Waals surface area contributed by atoms with E-state index in [0.717, 1.165) is 11.3 Å². The van der Waals surface area contributed by atoms with E-state index in [2.05, 4.69) is 4.98 Å². The molecule has 0 aliphatic rings. The molecule has 94 valence electrons. The Labute approximate surface area is 107 Å². The van der Waals surface area contributed by atoms with E-state index in [0.29, 0.717) is 5.88 Å². The number of nitrogens with zero attached hydrogens (tertiary/aromatic N) is 1. The van der Waals surface area contributed by atoms with Gasteiger partial charge in [-0.25, -0.2) is 4.98 Å². The zero-order chi connectivity index (χ0) is 13.0. The second-order valence-corrected chi connectivity index (χ2v) is 4.53. The molecule has 1 N–H and O–H groups in total. The van der Waals surface area contributed by atoms with E-state index < -0.39 is 6.10 Å². The number of benzene rings is 1. The Morgan fingerprint density at radius 2 is 1.78 bits per heavy atom. The van der Waals surface area contributed by atoms with Crippen LogP contribution in [0.15, 0.2) is 48.7 Å². The lowest BCUT2D eigenvalue weighted by molar-refractivity contribution is 0.126. The largest absolute Gasteiger partial charge is 0.439 e. The number of hydrogen-bond donors (Lipinski definition) is 1. The molecule has 1 heterocycles. The maximum atomic E-state index is 9.90. The van der Waals surface area contributed by atoms with Crippen LogP contribution in [-0.4, -0.2) is 10.1 Å². The van der Waals surface area contributed by atoms with Crippen molar-refractivity contribution in [2.45, 2.75) is 20.0 Å². The molecule has 2 rings (SSSR count). The van der Waals surface area contributed by atoms with E-state index >= 15 is 0 Å². The first-order chi connectivity index (χ1) is 8.66. The van der Waals surface area contributed by atoms with Gasteiger partial charge in [-0.3, -0.25) is 0 Å². The van der Waals surface area contributed by atoms with Crippen LogP contribution >= 0.6 is 0 Å². The highest BCUT2D eigenvalue weighted by Gasteiger charge is 2.12. The second kappa shape index (κ2) is 5.65. The topological polar surface area (TPSA) is 42.4 Å². The van der Waals surface area contributed by atoms with Crippen LogP contribution in [0, 0.1) is 5.92 Å². The number of aliphatic hydroxyl groups excluding tert-OH is 1. The fraction of sp³-hybridized carbons (Fsp3) is 0.267. The second-order valence-electron chi connectivity index (χ2n) is 4.53. The third kappa shape index (κ3) is 3.08. The molecule has 0 spiro atoms. The average molecular weight is 243 g/mol. The first-order valence-electron chi connectivity index (χ1n) is 6.04. The van der Waals surface area contributed by atoms with Crippen LogP contribution in [0.3, 0.4) is 0 Å². The van der Waals surface area contributed by atoms with E-state index in [1.54, 1.807) is 12.3 Å². The Hall–Kier alpha value is -1.87. The van der Waals surface area contributed by atoms with E-state index in [1.807, 2.05) is 50.2 Å². The van der Waals surface area contributed by atoms with Crippen LogP contribution in [0.1, 0.15) is 25.5 Å². The van der Waals surface area contributed by atoms with Gasteiger partial charge in [-0.2, -0.15) is 0 Å². The van der Waals surface area contributed by atoms with Crippen molar-refractivity contribution in [3.05, 3.63) is 54.2 Å². The Morgan fingerprint density at radius 3 is 2.33 bits per heavy atom. The molecule has 0 fully saturated rings. The Morgan fingerprint density at radius 1 is 1.06 bits per heavy atom. The number of rotatable bonds is 4. The van der Waals surface area contributed by atoms with Gasteiger partial charge in [-0.1, -0.05) is 32.0 Å². The molecule has 0 amide bonds. The maximum Gasteiger partial charge on any atom is 0.219 e. The minimum absolute atomic E-state index is 0.174. The van der Waals surface area contributed by atoms with Crippen molar-refractivity contribution in [3.63, 3.8) is 0 Å². The predicted octanol–water partition coefficient (Wildman–Crippen LogP) is 3.56. The fourth-order valence-electron chi connectivity index (χ4n) is 1.62. The smallest absolute Gasteiger partial charge is 0.219 e. The van der Waals surface area contributed by atoms with Crippen molar-refractivity contribution in [1.29, 1.82) is 0 Å². The molecular formula is C15H17NO2. The van der Waals surface area contributed by atoms with Crippen molar-refractivity contribution in [1.82, 2.24) is 4.98 Å². The van der Waals surface area contributed by atoms with Gasteiger partial charge in [0, 0.05) is 12.3 Å². The summed E-state index contributed by atoms with van der Waals surface area (Å²) in [7, 11) is 0. The van der Waals surface area contributed by atoms with E-state index in [9.17, 15) is 5.11 Å². The first kappa shape index (κ1) is 12.6. The van der Waals surface area contributed by atoms with E-state index in [1.165, 1.54) is 0 Å². The number of aliphatic hydroxyl groups is 1. The molecule has 0 aliphatic carbocycles. The van der Waals surface area contributed by atoms with Gasteiger partial charge >= 0.3 is 0 Å². The van der Waals surface area contributed by atoms with Crippen LogP contribution < -0.4 is 4.74 Å². The molecule has 1 aromatic carbocycles. The first-order valence-corrected chi connectivity index (χ1v) is 6.04. The van der Waals surface area contributed by atoms with Gasteiger partial charge in [0.2, 0.25) is 5.88 Å². The Balaban J connectivity index is 2.09. The van der Waals surface area contributed by atoms with Gasteiger partial charge in [-0.05, 0) is 29.7 Å². The summed E-state index contributed by atoms with van der Waals surface area (Å²) in [6.45, 7) is 3.94. The third-order valence-corrected chi connectivity index (χ3v) is 2.70. The van der Waals surface area contributed by atoms with Gasteiger partial charge in [0.25, 0.3) is 0 Å². The average Bonchev–Trinajstić information content (AvgIpc) is 2.40. The number of para-hydroxylation sites is 1. The molecule has 1 atom stereocenters. The van der Waals surface area contributed by atoms with Crippen molar-refractivity contribution in [2.24, 2.45) is 5.92 Å². The van der Waals surface area contributed by atoms with E-state index in [-0.39, 0.29) is 5.92 Å². The van der Waals surface area contributed by atoms with Crippen LogP contribution in [0.2, 0.25) is 0 Å². The normalized spacial score (nSPS) is 12.4. The molecule has 3 nitrogen and oxygen atoms in total. The quantitative estimate of drug-likeness (QED) is 0.892. The molecule has 0 aliphatic heterocycles. The van der Waals surface area contributed by atoms with Crippen molar-refractivity contribution < 1.29 is 9.84 Å². The summed E-state index contributed by atoms with van der Waals surface area (Å²) in [5.41, 5.74) is 0.811. The van der Waals surface area contributed by atoms with Crippen molar-refractivity contribution in [2.75, 3.05) is 0 Å². The summed E-state index contributed by atoms with van der Waals surface area (Å²) in [5, 5.41) is 9.90. The standard InChI is InChI=1S/C15H17NO2/c1-11(2)15(17)12-8-9-14(16-10-12)18-13-6-4-3-5-7-13/h3-11,15,17H,1-2H3. The third-order valence-electron chi connectivity index (χ3n) is 2.70. The lowest BCUT2D eigenvalue weighted by Crippen LogP contribution is -2.05. The SMILES string of the molecule is CC(C)C(O)c1ccc(Oc2ccccc2)nc1. The maximum absolute atomic E-state index is 9.90. The van der Waals surface area contributed by atoms with Gasteiger partial charge in [0.05, 0.1) is 6.10 Å². The summed E-state index contributed by atoms with van der Waals surface area (Å²) in [6.07, 6.45) is 1.17. The molecule has 1 aromatic heterocycles. The molecule has 2 aromatic rings. The monoisotopic (exact) mass is 243 g/mol. The minimum atomic E-state index is -0.483. The summed E-state index contributed by atoms with van der Waals surface area (Å²) in [4.78, 5) is 4.20. The van der Waals surface area contributed by atoms with Crippen LogP contribution in [0.5, 0.6) is 11.6 Å². The molecule has 0 saturated heterocycles. The summed E-state index contributed by atoms with van der Waals surface area (Å²) in [6, 6.07) is 13.1. The van der Waals surface area contributed by atoms with Gasteiger partial charge in [-0.15, -0.1) is 0 Å². The number of aromatic nitrogens is 1. The number of hydrogen-bond acceptors (Lipinski definition) is 3. The van der Waals surface area contributed by atoms with Gasteiger partial charge in [0.1, 0.15) is 5.75 Å². The zero-order valence-corrected chi connectivity index (χ0v) is 10.6. The minimum Gasteiger partial charge on any atom is -0.439 e. The highest BCUT2D eigenvalue weighted by Crippen LogP contribution is 2.23. The molecular weight excluding hydrogens is 226 g/mol. The van der Waals surface area contributed by atoms with Gasteiger partial charge in [0.15, 0.2) is 0 Å². The van der Waals surface area contributed by atoms with Crippen molar-refractivity contribution in [3.8, 4) is 11.6 Å². The summed E-state index contributed by atoms with van der Waals surface area (Å²) >= 11 is 0. The Bertz CT molecular complexity index is 480. The molecule has 18 heavy (non-hydrogen) atoms. The number of ether oxygens (including phenoxy) is 1. The summed E-state index contributed by atoms with van der Waals surface area (Å²) < 4.78 is 5.58. The highest BCUT2D eigenvalue weighted by atomic mass is 16.5. The number of pyridine rings is 1. The Kier molecular flexibility index (Phi) is 3.95. The molecule has 1 unspecified atom stereocenters.